The smallest absolute Gasteiger partial charge is 0.194 e. The third-order valence-electron chi connectivity index (χ3n) is 3.62. The van der Waals surface area contributed by atoms with Gasteiger partial charge < -0.3 is 5.32 Å². The van der Waals surface area contributed by atoms with Crippen molar-refractivity contribution in [2.24, 2.45) is 0 Å². The van der Waals surface area contributed by atoms with Crippen molar-refractivity contribution in [1.29, 1.82) is 0 Å². The van der Waals surface area contributed by atoms with E-state index in [1.165, 1.54) is 0 Å². The fraction of sp³-hybridized carbons (Fsp3) is 0.571. The molecule has 0 saturated carbocycles. The fourth-order valence-electron chi connectivity index (χ4n) is 2.58. The lowest BCUT2D eigenvalue weighted by molar-refractivity contribution is 0.165. The van der Waals surface area contributed by atoms with Crippen molar-refractivity contribution < 1.29 is 13.2 Å². The highest BCUT2D eigenvalue weighted by Crippen LogP contribution is 2.18. The van der Waals surface area contributed by atoms with Crippen molar-refractivity contribution >= 4 is 0 Å². The first-order chi connectivity index (χ1) is 9.11. The van der Waals surface area contributed by atoms with Crippen LogP contribution in [0.15, 0.2) is 12.1 Å². The summed E-state index contributed by atoms with van der Waals surface area (Å²) in [6.45, 7) is 5.17. The average molecular weight is 272 g/mol. The van der Waals surface area contributed by atoms with Gasteiger partial charge >= 0.3 is 0 Å². The van der Waals surface area contributed by atoms with E-state index < -0.39 is 17.5 Å². The van der Waals surface area contributed by atoms with E-state index in [2.05, 4.69) is 10.2 Å². The van der Waals surface area contributed by atoms with Crippen molar-refractivity contribution in [1.82, 2.24) is 10.2 Å². The molecule has 1 saturated heterocycles. The molecule has 0 aromatic heterocycles. The number of hydrogen-bond acceptors (Lipinski definition) is 2. The lowest BCUT2D eigenvalue weighted by Gasteiger charge is -2.34. The molecule has 5 heteroatoms. The molecule has 1 aromatic rings. The summed E-state index contributed by atoms with van der Waals surface area (Å²) in [7, 11) is 0. The number of nitrogens with zero attached hydrogens (tertiary/aromatic N) is 1. The fourth-order valence-corrected chi connectivity index (χ4v) is 2.58. The monoisotopic (exact) mass is 272 g/mol. The van der Waals surface area contributed by atoms with Crippen LogP contribution in [0.3, 0.4) is 0 Å². The van der Waals surface area contributed by atoms with E-state index in [4.69, 9.17) is 0 Å². The number of nitrogens with one attached hydrogen (secondary N) is 1. The van der Waals surface area contributed by atoms with Crippen LogP contribution in [0.4, 0.5) is 13.2 Å². The Balaban J connectivity index is 2.09. The molecule has 19 heavy (non-hydrogen) atoms. The molecule has 0 bridgehead atoms. The van der Waals surface area contributed by atoms with Crippen molar-refractivity contribution in [3.05, 3.63) is 35.1 Å². The van der Waals surface area contributed by atoms with E-state index in [1.807, 2.05) is 6.92 Å². The van der Waals surface area contributed by atoms with E-state index in [0.29, 0.717) is 18.2 Å². The van der Waals surface area contributed by atoms with Gasteiger partial charge in [-0.1, -0.05) is 6.92 Å². The third kappa shape index (κ3) is 3.48. The molecular formula is C14H19F3N2. The Morgan fingerprint density at radius 1 is 1.26 bits per heavy atom. The Kier molecular flexibility index (Phi) is 4.82. The Morgan fingerprint density at radius 2 is 1.95 bits per heavy atom. The largest absolute Gasteiger partial charge is 0.315 e. The molecule has 1 heterocycles. The van der Waals surface area contributed by atoms with Crippen LogP contribution in [0, 0.1) is 17.5 Å². The molecule has 106 valence electrons. The molecule has 0 aliphatic carbocycles. The molecule has 1 atom stereocenters. The van der Waals surface area contributed by atoms with Crippen molar-refractivity contribution in [3.63, 3.8) is 0 Å². The van der Waals surface area contributed by atoms with Crippen molar-refractivity contribution in [2.45, 2.75) is 32.4 Å². The normalized spacial score (nSPS) is 19.9. The summed E-state index contributed by atoms with van der Waals surface area (Å²) < 4.78 is 39.3. The van der Waals surface area contributed by atoms with Gasteiger partial charge in [0.1, 0.15) is 0 Å². The maximum Gasteiger partial charge on any atom is 0.194 e. The number of rotatable bonds is 4. The van der Waals surface area contributed by atoms with Gasteiger partial charge in [-0.25, -0.2) is 13.2 Å². The van der Waals surface area contributed by atoms with Crippen molar-refractivity contribution in [3.8, 4) is 0 Å². The molecule has 0 amide bonds. The molecular weight excluding hydrogens is 253 g/mol. The van der Waals surface area contributed by atoms with Crippen LogP contribution >= 0.6 is 0 Å². The van der Waals surface area contributed by atoms with Crippen LogP contribution in [-0.2, 0) is 6.54 Å². The molecule has 0 radical (unpaired) electrons. The highest BCUT2D eigenvalue weighted by atomic mass is 19.2. The average Bonchev–Trinajstić information content (AvgIpc) is 2.43. The van der Waals surface area contributed by atoms with Crippen LogP contribution < -0.4 is 5.32 Å². The van der Waals surface area contributed by atoms with Crippen LogP contribution in [0.1, 0.15) is 25.3 Å². The van der Waals surface area contributed by atoms with Gasteiger partial charge in [-0.15, -0.1) is 0 Å². The summed E-state index contributed by atoms with van der Waals surface area (Å²) in [5, 5.41) is 3.32. The minimum absolute atomic E-state index is 0.370. The van der Waals surface area contributed by atoms with E-state index in [1.54, 1.807) is 0 Å². The van der Waals surface area contributed by atoms with E-state index >= 15 is 0 Å². The zero-order valence-electron chi connectivity index (χ0n) is 11.1. The van der Waals surface area contributed by atoms with Gasteiger partial charge in [0.2, 0.25) is 0 Å². The van der Waals surface area contributed by atoms with Crippen LogP contribution in [0.5, 0.6) is 0 Å². The van der Waals surface area contributed by atoms with Crippen LogP contribution in [0.25, 0.3) is 0 Å². The molecule has 0 spiro atoms. The summed E-state index contributed by atoms with van der Waals surface area (Å²) in [5.41, 5.74) is 0.476. The van der Waals surface area contributed by atoms with Gasteiger partial charge in [-0.05, 0) is 43.6 Å². The first kappa shape index (κ1) is 14.3. The van der Waals surface area contributed by atoms with Gasteiger partial charge in [0.15, 0.2) is 17.5 Å². The second kappa shape index (κ2) is 6.39. The first-order valence-electron chi connectivity index (χ1n) is 6.70. The standard InChI is InChI=1S/C14H19F3N2/c1-2-19(11-4-3-5-18-8-11)9-10-6-12(15)14(17)13(16)7-10/h6-7,11,18H,2-5,8-9H2,1H3. The molecule has 2 rings (SSSR count). The quantitative estimate of drug-likeness (QED) is 0.848. The number of hydrogen-bond donors (Lipinski definition) is 1. The molecule has 1 aliphatic rings. The van der Waals surface area contributed by atoms with Gasteiger partial charge in [-0.3, -0.25) is 4.90 Å². The highest BCUT2D eigenvalue weighted by Gasteiger charge is 2.20. The lowest BCUT2D eigenvalue weighted by atomic mass is 10.0. The van der Waals surface area contributed by atoms with E-state index in [-0.39, 0.29) is 0 Å². The summed E-state index contributed by atoms with van der Waals surface area (Å²) >= 11 is 0. The minimum atomic E-state index is -1.40. The summed E-state index contributed by atoms with van der Waals surface area (Å²) in [6, 6.07) is 2.53. The maximum absolute atomic E-state index is 13.2. The Bertz CT molecular complexity index is 408. The topological polar surface area (TPSA) is 15.3 Å². The van der Waals surface area contributed by atoms with Gasteiger partial charge in [0, 0.05) is 19.1 Å². The maximum atomic E-state index is 13.2. The first-order valence-corrected chi connectivity index (χ1v) is 6.70. The Morgan fingerprint density at radius 3 is 2.47 bits per heavy atom. The van der Waals surface area contributed by atoms with Gasteiger partial charge in [-0.2, -0.15) is 0 Å². The summed E-state index contributed by atoms with van der Waals surface area (Å²) in [6.07, 6.45) is 2.18. The van der Waals surface area contributed by atoms with Gasteiger partial charge in [0.05, 0.1) is 0 Å². The number of benzene rings is 1. The molecule has 1 aliphatic heterocycles. The van der Waals surface area contributed by atoms with Crippen molar-refractivity contribution in [2.75, 3.05) is 19.6 Å². The second-order valence-electron chi connectivity index (χ2n) is 4.94. The molecule has 2 nitrogen and oxygen atoms in total. The molecule has 1 unspecified atom stereocenters. The Labute approximate surface area is 111 Å². The molecule has 1 N–H and O–H groups in total. The lowest BCUT2D eigenvalue weighted by Crippen LogP contribution is -2.45. The number of likely N-dealkylation sites (N-methyl/N-ethyl adjacent to an activating group) is 1. The van der Waals surface area contributed by atoms with E-state index in [0.717, 1.165) is 44.6 Å². The predicted molar refractivity (Wildman–Crippen MR) is 68.3 cm³/mol. The number of halogens is 3. The summed E-state index contributed by atoms with van der Waals surface area (Å²) in [5.74, 6) is -3.63. The zero-order chi connectivity index (χ0) is 13.8. The number of piperidine rings is 1. The SMILES string of the molecule is CCN(Cc1cc(F)c(F)c(F)c1)C1CCCNC1. The van der Waals surface area contributed by atoms with Gasteiger partial charge in [0.25, 0.3) is 0 Å². The van der Waals surface area contributed by atoms with Crippen LogP contribution in [-0.4, -0.2) is 30.6 Å². The molecule has 1 fully saturated rings. The second-order valence-corrected chi connectivity index (χ2v) is 4.94. The predicted octanol–water partition coefficient (Wildman–Crippen LogP) is 2.68. The Hall–Kier alpha value is -1.07. The highest BCUT2D eigenvalue weighted by molar-refractivity contribution is 5.19. The third-order valence-corrected chi connectivity index (χ3v) is 3.62. The van der Waals surface area contributed by atoms with Crippen LogP contribution in [0.2, 0.25) is 0 Å². The summed E-state index contributed by atoms with van der Waals surface area (Å²) in [4.78, 5) is 2.16. The zero-order valence-corrected chi connectivity index (χ0v) is 11.1. The minimum Gasteiger partial charge on any atom is -0.315 e. The molecule has 1 aromatic carbocycles. The van der Waals surface area contributed by atoms with E-state index in [9.17, 15) is 13.2 Å².